The average molecular weight is 396 g/mol. The van der Waals surface area contributed by atoms with Crippen LogP contribution in [-0.4, -0.2) is 48.9 Å². The predicted molar refractivity (Wildman–Crippen MR) is 107 cm³/mol. The summed E-state index contributed by atoms with van der Waals surface area (Å²) in [7, 11) is 1.56. The van der Waals surface area contributed by atoms with E-state index in [1.54, 1.807) is 60.5 Å². The van der Waals surface area contributed by atoms with Gasteiger partial charge in [0.05, 0.1) is 7.11 Å². The molecule has 152 valence electrons. The molecule has 2 amide bonds. The summed E-state index contributed by atoms with van der Waals surface area (Å²) in [5.74, 6) is 0.291. The fraction of sp³-hybridized carbons (Fsp3) is 0.318. The smallest absolute Gasteiger partial charge is 0.308 e. The highest BCUT2D eigenvalue weighted by Gasteiger charge is 2.25. The molecule has 0 unspecified atom stereocenters. The van der Waals surface area contributed by atoms with Crippen LogP contribution in [-0.2, 0) is 4.79 Å². The maximum absolute atomic E-state index is 12.7. The molecule has 29 heavy (non-hydrogen) atoms. The van der Waals surface area contributed by atoms with E-state index in [1.165, 1.54) is 6.92 Å². The van der Waals surface area contributed by atoms with Crippen LogP contribution < -0.4 is 14.8 Å². The van der Waals surface area contributed by atoms with Gasteiger partial charge in [-0.2, -0.15) is 0 Å². The first-order chi connectivity index (χ1) is 14.0. The number of rotatable bonds is 5. The molecular formula is C22H24N2O5. The summed E-state index contributed by atoms with van der Waals surface area (Å²) in [4.78, 5) is 38.0. The minimum absolute atomic E-state index is 0.00475. The Morgan fingerprint density at radius 3 is 2.24 bits per heavy atom. The van der Waals surface area contributed by atoms with E-state index in [2.05, 4.69) is 5.32 Å². The molecule has 2 aromatic carbocycles. The van der Waals surface area contributed by atoms with Gasteiger partial charge in [0.15, 0.2) is 0 Å². The maximum Gasteiger partial charge on any atom is 0.308 e. The Morgan fingerprint density at radius 2 is 1.59 bits per heavy atom. The van der Waals surface area contributed by atoms with Crippen molar-refractivity contribution in [1.82, 2.24) is 10.2 Å². The lowest BCUT2D eigenvalue weighted by Gasteiger charge is -2.32. The fourth-order valence-electron chi connectivity index (χ4n) is 3.30. The molecule has 0 radical (unpaired) electrons. The Hall–Kier alpha value is -3.35. The summed E-state index contributed by atoms with van der Waals surface area (Å²) >= 11 is 0. The normalized spacial score (nSPS) is 14.2. The number of piperidine rings is 1. The van der Waals surface area contributed by atoms with Crippen molar-refractivity contribution in [3.05, 3.63) is 59.7 Å². The molecule has 0 aromatic heterocycles. The van der Waals surface area contributed by atoms with E-state index < -0.39 is 5.97 Å². The number of benzene rings is 2. The fourth-order valence-corrected chi connectivity index (χ4v) is 3.30. The first-order valence-electron chi connectivity index (χ1n) is 9.49. The van der Waals surface area contributed by atoms with E-state index in [0.29, 0.717) is 48.6 Å². The number of carbonyl (C=O) groups is 3. The van der Waals surface area contributed by atoms with Gasteiger partial charge in [-0.25, -0.2) is 0 Å². The minimum atomic E-state index is -0.429. The van der Waals surface area contributed by atoms with Gasteiger partial charge in [-0.1, -0.05) is 12.1 Å². The van der Waals surface area contributed by atoms with Crippen molar-refractivity contribution in [2.75, 3.05) is 20.2 Å². The Balaban J connectivity index is 1.55. The third-order valence-electron chi connectivity index (χ3n) is 4.79. The average Bonchev–Trinajstić information content (AvgIpc) is 2.73. The number of carbonyl (C=O) groups excluding carboxylic acids is 3. The lowest BCUT2D eigenvalue weighted by Crippen LogP contribution is -2.46. The summed E-state index contributed by atoms with van der Waals surface area (Å²) in [5.41, 5.74) is 1.02. The monoisotopic (exact) mass is 396 g/mol. The van der Waals surface area contributed by atoms with E-state index in [1.807, 2.05) is 0 Å². The molecule has 7 heteroatoms. The van der Waals surface area contributed by atoms with Gasteiger partial charge in [0.25, 0.3) is 11.8 Å². The molecule has 0 spiro atoms. The van der Waals surface area contributed by atoms with Gasteiger partial charge in [0.1, 0.15) is 11.5 Å². The van der Waals surface area contributed by atoms with Gasteiger partial charge in [0, 0.05) is 37.2 Å². The molecule has 7 nitrogen and oxygen atoms in total. The van der Waals surface area contributed by atoms with Crippen molar-refractivity contribution in [2.45, 2.75) is 25.8 Å². The van der Waals surface area contributed by atoms with E-state index in [9.17, 15) is 14.4 Å². The molecule has 0 atom stereocenters. The second-order valence-corrected chi connectivity index (χ2v) is 6.89. The highest BCUT2D eigenvalue weighted by molar-refractivity contribution is 5.95. The Bertz CT molecular complexity index is 904. The van der Waals surface area contributed by atoms with Crippen molar-refractivity contribution in [2.24, 2.45) is 0 Å². The van der Waals surface area contributed by atoms with Gasteiger partial charge in [0.2, 0.25) is 0 Å². The third-order valence-corrected chi connectivity index (χ3v) is 4.79. The summed E-state index contributed by atoms with van der Waals surface area (Å²) in [6.07, 6.45) is 1.34. The van der Waals surface area contributed by atoms with Crippen molar-refractivity contribution >= 4 is 17.8 Å². The van der Waals surface area contributed by atoms with E-state index in [4.69, 9.17) is 9.47 Å². The lowest BCUT2D eigenvalue weighted by molar-refractivity contribution is -0.131. The van der Waals surface area contributed by atoms with Crippen LogP contribution in [0.25, 0.3) is 0 Å². The molecule has 1 saturated heterocycles. The second kappa shape index (κ2) is 9.23. The Labute approximate surface area is 169 Å². The maximum atomic E-state index is 12.7. The molecule has 1 aliphatic rings. The van der Waals surface area contributed by atoms with Crippen molar-refractivity contribution in [3.63, 3.8) is 0 Å². The number of nitrogens with zero attached hydrogens (tertiary/aromatic N) is 1. The predicted octanol–water partition coefficient (Wildman–Crippen LogP) is 2.66. The SMILES string of the molecule is COc1cccc(C(=O)NC2CCN(C(=O)c3cccc(OC(C)=O)c3)CC2)c1. The van der Waals surface area contributed by atoms with E-state index in [0.717, 1.165) is 0 Å². The molecular weight excluding hydrogens is 372 g/mol. The molecule has 1 fully saturated rings. The second-order valence-electron chi connectivity index (χ2n) is 6.89. The molecule has 1 heterocycles. The van der Waals surface area contributed by atoms with Crippen molar-refractivity contribution in [1.29, 1.82) is 0 Å². The summed E-state index contributed by atoms with van der Waals surface area (Å²) in [5, 5.41) is 3.03. The highest BCUT2D eigenvalue weighted by Crippen LogP contribution is 2.19. The van der Waals surface area contributed by atoms with E-state index >= 15 is 0 Å². The number of hydrogen-bond donors (Lipinski definition) is 1. The van der Waals surface area contributed by atoms with Crippen molar-refractivity contribution < 1.29 is 23.9 Å². The van der Waals surface area contributed by atoms with E-state index in [-0.39, 0.29) is 17.9 Å². The summed E-state index contributed by atoms with van der Waals surface area (Å²) in [6.45, 7) is 2.40. The molecule has 0 saturated carbocycles. The zero-order valence-corrected chi connectivity index (χ0v) is 16.5. The third kappa shape index (κ3) is 5.34. The number of amides is 2. The van der Waals surface area contributed by atoms with Crippen LogP contribution in [0.1, 0.15) is 40.5 Å². The zero-order chi connectivity index (χ0) is 20.8. The molecule has 2 aromatic rings. The number of esters is 1. The molecule has 0 aliphatic carbocycles. The lowest BCUT2D eigenvalue weighted by atomic mass is 10.0. The highest BCUT2D eigenvalue weighted by atomic mass is 16.5. The van der Waals surface area contributed by atoms with Crippen LogP contribution in [0.3, 0.4) is 0 Å². The van der Waals surface area contributed by atoms with Crippen LogP contribution >= 0.6 is 0 Å². The minimum Gasteiger partial charge on any atom is -0.497 e. The van der Waals surface area contributed by atoms with Gasteiger partial charge < -0.3 is 19.7 Å². The molecule has 1 N–H and O–H groups in total. The van der Waals surface area contributed by atoms with Gasteiger partial charge >= 0.3 is 5.97 Å². The number of likely N-dealkylation sites (tertiary alicyclic amines) is 1. The Morgan fingerprint density at radius 1 is 0.966 bits per heavy atom. The van der Waals surface area contributed by atoms with Crippen LogP contribution in [0, 0.1) is 0 Å². The van der Waals surface area contributed by atoms with Crippen LogP contribution in [0.15, 0.2) is 48.5 Å². The number of methoxy groups -OCH3 is 1. The first kappa shape index (κ1) is 20.4. The zero-order valence-electron chi connectivity index (χ0n) is 16.5. The number of nitrogens with one attached hydrogen (secondary N) is 1. The molecule has 0 bridgehead atoms. The number of ether oxygens (including phenoxy) is 2. The van der Waals surface area contributed by atoms with Gasteiger partial charge in [-0.05, 0) is 49.2 Å². The van der Waals surface area contributed by atoms with Crippen LogP contribution in [0.2, 0.25) is 0 Å². The van der Waals surface area contributed by atoms with Gasteiger partial charge in [-0.3, -0.25) is 14.4 Å². The summed E-state index contributed by atoms with van der Waals surface area (Å²) < 4.78 is 10.2. The largest absolute Gasteiger partial charge is 0.497 e. The Kier molecular flexibility index (Phi) is 6.49. The number of hydrogen-bond acceptors (Lipinski definition) is 5. The van der Waals surface area contributed by atoms with Crippen molar-refractivity contribution in [3.8, 4) is 11.5 Å². The first-order valence-corrected chi connectivity index (χ1v) is 9.49. The van der Waals surface area contributed by atoms with Crippen LogP contribution in [0.4, 0.5) is 0 Å². The standard InChI is InChI=1S/C22H24N2O5/c1-15(25)29-20-8-4-6-17(14-20)22(27)24-11-9-18(10-12-24)23-21(26)16-5-3-7-19(13-16)28-2/h3-8,13-14,18H,9-12H2,1-2H3,(H,23,26). The topological polar surface area (TPSA) is 84.9 Å². The molecule has 3 rings (SSSR count). The summed E-state index contributed by atoms with van der Waals surface area (Å²) in [6, 6.07) is 13.6. The van der Waals surface area contributed by atoms with Crippen LogP contribution in [0.5, 0.6) is 11.5 Å². The molecule has 1 aliphatic heterocycles. The van der Waals surface area contributed by atoms with Gasteiger partial charge in [-0.15, -0.1) is 0 Å². The quantitative estimate of drug-likeness (QED) is 0.620.